The van der Waals surface area contributed by atoms with Gasteiger partial charge >= 0.3 is 5.97 Å². The molecule has 3 aromatic rings. The molecule has 1 heterocycles. The van der Waals surface area contributed by atoms with Gasteiger partial charge in [0.15, 0.2) is 5.69 Å². The van der Waals surface area contributed by atoms with Gasteiger partial charge in [-0.3, -0.25) is 0 Å². The van der Waals surface area contributed by atoms with Crippen molar-refractivity contribution in [2.24, 2.45) is 0 Å². The number of nitrogens with zero attached hydrogens (tertiary/aromatic N) is 3. The number of aromatic nitrogens is 3. The van der Waals surface area contributed by atoms with Crippen LogP contribution in [-0.2, 0) is 17.8 Å². The number of rotatable bonds is 5. The van der Waals surface area contributed by atoms with Crippen LogP contribution in [-0.4, -0.2) is 21.0 Å². The quantitative estimate of drug-likeness (QED) is 0.675. The zero-order chi connectivity index (χ0) is 16.9. The fourth-order valence-corrected chi connectivity index (χ4v) is 2.43. The number of hydrogen-bond acceptors (Lipinski definition) is 4. The van der Waals surface area contributed by atoms with E-state index in [9.17, 15) is 4.79 Å². The summed E-state index contributed by atoms with van der Waals surface area (Å²) in [6.45, 7) is 4.14. The van der Waals surface area contributed by atoms with Crippen LogP contribution >= 0.6 is 0 Å². The summed E-state index contributed by atoms with van der Waals surface area (Å²) in [6, 6.07) is 17.6. The van der Waals surface area contributed by atoms with Crippen LogP contribution in [0.1, 0.15) is 34.2 Å². The highest BCUT2D eigenvalue weighted by molar-refractivity contribution is 5.88. The van der Waals surface area contributed by atoms with Gasteiger partial charge in [-0.15, -0.1) is 5.10 Å². The molecule has 0 radical (unpaired) electrons. The minimum absolute atomic E-state index is 0.219. The minimum Gasteiger partial charge on any atom is -0.456 e. The molecule has 0 atom stereocenters. The number of carbonyl (C=O) groups excluding carboxylic acids is 1. The Morgan fingerprint density at radius 3 is 2.42 bits per heavy atom. The van der Waals surface area contributed by atoms with Gasteiger partial charge < -0.3 is 4.74 Å². The summed E-state index contributed by atoms with van der Waals surface area (Å²) in [7, 11) is 0. The lowest BCUT2D eigenvalue weighted by Gasteiger charge is -2.05. The van der Waals surface area contributed by atoms with Crippen molar-refractivity contribution in [2.75, 3.05) is 0 Å². The van der Waals surface area contributed by atoms with Crippen molar-refractivity contribution >= 4 is 5.97 Å². The van der Waals surface area contributed by atoms with Gasteiger partial charge in [0.05, 0.1) is 11.4 Å². The maximum absolute atomic E-state index is 12.2. The second-order valence-corrected chi connectivity index (χ2v) is 5.52. The molecule has 24 heavy (non-hydrogen) atoms. The normalized spacial score (nSPS) is 10.6. The largest absolute Gasteiger partial charge is 0.456 e. The first-order valence-electron chi connectivity index (χ1n) is 7.91. The van der Waals surface area contributed by atoms with Gasteiger partial charge in [-0.2, -0.15) is 0 Å². The molecule has 0 aliphatic carbocycles. The standard InChI is InChI=1S/C19H19N3O2/c1-3-15-9-11-17(12-10-15)22-14(2)18(20-21-22)19(23)24-13-16-7-5-4-6-8-16/h4-12H,3,13H2,1-2H3. The summed E-state index contributed by atoms with van der Waals surface area (Å²) in [5, 5.41) is 8.07. The van der Waals surface area contributed by atoms with Crippen LogP contribution in [0.5, 0.6) is 0 Å². The Labute approximate surface area is 140 Å². The van der Waals surface area contributed by atoms with Crippen molar-refractivity contribution in [2.45, 2.75) is 26.9 Å². The Morgan fingerprint density at radius 1 is 1.04 bits per heavy atom. The molecule has 0 unspecified atom stereocenters. The summed E-state index contributed by atoms with van der Waals surface area (Å²) in [5.41, 5.74) is 3.96. The molecule has 0 aliphatic heterocycles. The lowest BCUT2D eigenvalue weighted by atomic mass is 10.1. The second-order valence-electron chi connectivity index (χ2n) is 5.52. The van der Waals surface area contributed by atoms with Crippen molar-refractivity contribution in [3.05, 3.63) is 77.1 Å². The van der Waals surface area contributed by atoms with E-state index in [-0.39, 0.29) is 12.3 Å². The number of hydrogen-bond donors (Lipinski definition) is 0. The van der Waals surface area contributed by atoms with Crippen molar-refractivity contribution in [1.82, 2.24) is 15.0 Å². The monoisotopic (exact) mass is 321 g/mol. The number of ether oxygens (including phenoxy) is 1. The number of esters is 1. The molecule has 0 saturated carbocycles. The first-order valence-corrected chi connectivity index (χ1v) is 7.91. The molecule has 0 N–H and O–H groups in total. The van der Waals surface area contributed by atoms with E-state index in [4.69, 9.17) is 4.74 Å². The van der Waals surface area contributed by atoms with Crippen LogP contribution < -0.4 is 0 Å². The van der Waals surface area contributed by atoms with Crippen molar-refractivity contribution < 1.29 is 9.53 Å². The average molecular weight is 321 g/mol. The third kappa shape index (κ3) is 3.35. The van der Waals surface area contributed by atoms with Gasteiger partial charge in [0.25, 0.3) is 0 Å². The Kier molecular flexibility index (Phi) is 4.70. The number of benzene rings is 2. The van der Waals surface area contributed by atoms with Crippen LogP contribution in [0.3, 0.4) is 0 Å². The van der Waals surface area contributed by atoms with Crippen molar-refractivity contribution in [1.29, 1.82) is 0 Å². The SMILES string of the molecule is CCc1ccc(-n2nnc(C(=O)OCc3ccccc3)c2C)cc1. The predicted octanol–water partition coefficient (Wildman–Crippen LogP) is 3.50. The maximum atomic E-state index is 12.2. The summed E-state index contributed by atoms with van der Waals surface area (Å²) < 4.78 is 6.98. The Morgan fingerprint density at radius 2 is 1.75 bits per heavy atom. The van der Waals surface area contributed by atoms with Crippen molar-refractivity contribution in [3.8, 4) is 5.69 Å². The van der Waals surface area contributed by atoms with Crippen LogP contribution in [0, 0.1) is 6.92 Å². The van der Waals surface area contributed by atoms with E-state index in [0.29, 0.717) is 5.69 Å². The van der Waals surface area contributed by atoms with Crippen LogP contribution in [0.2, 0.25) is 0 Å². The molecule has 5 heteroatoms. The number of carbonyl (C=O) groups is 1. The maximum Gasteiger partial charge on any atom is 0.361 e. The molecular weight excluding hydrogens is 302 g/mol. The van der Waals surface area contributed by atoms with E-state index in [1.165, 1.54) is 5.56 Å². The fourth-order valence-electron chi connectivity index (χ4n) is 2.43. The van der Waals surface area contributed by atoms with E-state index in [1.807, 2.05) is 61.5 Å². The molecular formula is C19H19N3O2. The molecule has 0 saturated heterocycles. The second kappa shape index (κ2) is 7.08. The summed E-state index contributed by atoms with van der Waals surface area (Å²) in [5.74, 6) is -0.465. The third-order valence-electron chi connectivity index (χ3n) is 3.89. The van der Waals surface area contributed by atoms with Gasteiger partial charge in [-0.1, -0.05) is 54.6 Å². The summed E-state index contributed by atoms with van der Waals surface area (Å²) >= 11 is 0. The molecule has 0 aliphatic rings. The zero-order valence-corrected chi connectivity index (χ0v) is 13.8. The topological polar surface area (TPSA) is 57.0 Å². The highest BCUT2D eigenvalue weighted by atomic mass is 16.5. The Bertz CT molecular complexity index is 824. The van der Waals surface area contributed by atoms with Crippen molar-refractivity contribution in [3.63, 3.8) is 0 Å². The van der Waals surface area contributed by atoms with E-state index in [2.05, 4.69) is 17.2 Å². The highest BCUT2D eigenvalue weighted by Gasteiger charge is 2.18. The van der Waals surface area contributed by atoms with E-state index in [1.54, 1.807) is 4.68 Å². The smallest absolute Gasteiger partial charge is 0.361 e. The summed E-state index contributed by atoms with van der Waals surface area (Å²) in [4.78, 5) is 12.2. The first-order chi connectivity index (χ1) is 11.7. The zero-order valence-electron chi connectivity index (χ0n) is 13.8. The molecule has 3 rings (SSSR count). The fraction of sp³-hybridized carbons (Fsp3) is 0.211. The molecule has 2 aromatic carbocycles. The Hall–Kier alpha value is -2.95. The predicted molar refractivity (Wildman–Crippen MR) is 91.0 cm³/mol. The van der Waals surface area contributed by atoms with E-state index in [0.717, 1.165) is 17.7 Å². The lowest BCUT2D eigenvalue weighted by molar-refractivity contribution is 0.0464. The van der Waals surface area contributed by atoms with Gasteiger partial charge in [0.1, 0.15) is 6.61 Å². The first kappa shape index (κ1) is 15.9. The lowest BCUT2D eigenvalue weighted by Crippen LogP contribution is -2.08. The molecule has 0 bridgehead atoms. The molecule has 122 valence electrons. The summed E-state index contributed by atoms with van der Waals surface area (Å²) in [6.07, 6.45) is 0.980. The molecule has 0 spiro atoms. The third-order valence-corrected chi connectivity index (χ3v) is 3.89. The van der Waals surface area contributed by atoms with Gasteiger partial charge in [-0.05, 0) is 36.6 Å². The van der Waals surface area contributed by atoms with Gasteiger partial charge in [0, 0.05) is 0 Å². The highest BCUT2D eigenvalue weighted by Crippen LogP contribution is 2.15. The van der Waals surface area contributed by atoms with Gasteiger partial charge in [0.2, 0.25) is 0 Å². The van der Waals surface area contributed by atoms with Crippen LogP contribution in [0.15, 0.2) is 54.6 Å². The molecule has 1 aromatic heterocycles. The van der Waals surface area contributed by atoms with Gasteiger partial charge in [-0.25, -0.2) is 9.48 Å². The van der Waals surface area contributed by atoms with Crippen LogP contribution in [0.4, 0.5) is 0 Å². The Balaban J connectivity index is 1.75. The number of aryl methyl sites for hydroxylation is 1. The minimum atomic E-state index is -0.465. The van der Waals surface area contributed by atoms with E-state index >= 15 is 0 Å². The van der Waals surface area contributed by atoms with Crippen LogP contribution in [0.25, 0.3) is 5.69 Å². The molecule has 0 fully saturated rings. The molecule has 5 nitrogen and oxygen atoms in total. The average Bonchev–Trinajstić information content (AvgIpc) is 3.02. The molecule has 0 amide bonds. The van der Waals surface area contributed by atoms with E-state index < -0.39 is 5.97 Å².